The zero-order chi connectivity index (χ0) is 15.8. The number of aromatic nitrogens is 2. The summed E-state index contributed by atoms with van der Waals surface area (Å²) in [6.07, 6.45) is 0.816. The van der Waals surface area contributed by atoms with Crippen molar-refractivity contribution in [1.29, 1.82) is 0 Å². The van der Waals surface area contributed by atoms with E-state index in [4.69, 9.17) is 10.5 Å². The van der Waals surface area contributed by atoms with Crippen LogP contribution in [-0.4, -0.2) is 34.7 Å². The molecule has 0 atom stereocenters. The van der Waals surface area contributed by atoms with Crippen molar-refractivity contribution < 1.29 is 19.2 Å². The number of nitrogens with one attached hydrogen (secondary N) is 2. The molecular formula is C10H16N6O5. The third-order valence-corrected chi connectivity index (χ3v) is 2.27. The molecule has 4 N–H and O–H groups in total. The van der Waals surface area contributed by atoms with Gasteiger partial charge in [-0.1, -0.05) is 13.3 Å². The van der Waals surface area contributed by atoms with Crippen LogP contribution in [0.5, 0.6) is 6.01 Å². The van der Waals surface area contributed by atoms with E-state index in [2.05, 4.69) is 20.1 Å². The highest BCUT2D eigenvalue weighted by Crippen LogP contribution is 2.29. The van der Waals surface area contributed by atoms with Crippen LogP contribution in [0.3, 0.4) is 0 Å². The zero-order valence-electron chi connectivity index (χ0n) is 11.6. The van der Waals surface area contributed by atoms with Crippen molar-refractivity contribution in [3.63, 3.8) is 0 Å². The number of hydrogen-bond acceptors (Lipinski definition) is 9. The minimum absolute atomic E-state index is 0.124. The van der Waals surface area contributed by atoms with E-state index >= 15 is 0 Å². The number of rotatable bonds is 7. The summed E-state index contributed by atoms with van der Waals surface area (Å²) in [5.41, 5.74) is 9.22. The van der Waals surface area contributed by atoms with Crippen LogP contribution in [0.4, 0.5) is 22.1 Å². The molecule has 0 aliphatic rings. The van der Waals surface area contributed by atoms with E-state index < -0.39 is 16.7 Å². The molecule has 0 spiro atoms. The van der Waals surface area contributed by atoms with Crippen molar-refractivity contribution in [3.05, 3.63) is 10.1 Å². The number of unbranched alkanes of at least 4 members (excludes halogenated alkanes) is 1. The summed E-state index contributed by atoms with van der Waals surface area (Å²) < 4.78 is 9.55. The molecule has 1 amide bonds. The van der Waals surface area contributed by atoms with Crippen LogP contribution in [-0.2, 0) is 4.74 Å². The van der Waals surface area contributed by atoms with E-state index in [9.17, 15) is 14.9 Å². The van der Waals surface area contributed by atoms with Crippen molar-refractivity contribution in [2.75, 3.05) is 24.9 Å². The molecule has 1 rings (SSSR count). The molecule has 1 aromatic heterocycles. The molecule has 116 valence electrons. The van der Waals surface area contributed by atoms with Crippen molar-refractivity contribution in [2.24, 2.45) is 0 Å². The highest BCUT2D eigenvalue weighted by molar-refractivity contribution is 5.73. The molecule has 0 unspecified atom stereocenters. The van der Waals surface area contributed by atoms with Gasteiger partial charge < -0.3 is 15.2 Å². The fourth-order valence-corrected chi connectivity index (χ4v) is 1.25. The molecular weight excluding hydrogens is 284 g/mol. The fourth-order valence-electron chi connectivity index (χ4n) is 1.25. The van der Waals surface area contributed by atoms with Gasteiger partial charge >= 0.3 is 17.8 Å². The smallest absolute Gasteiger partial charge is 0.425 e. The first kappa shape index (κ1) is 16.2. The van der Waals surface area contributed by atoms with Crippen LogP contribution >= 0.6 is 0 Å². The summed E-state index contributed by atoms with van der Waals surface area (Å²) in [7, 11) is 1.14. The number of ether oxygens (including phenoxy) is 2. The van der Waals surface area contributed by atoms with E-state index in [0.717, 1.165) is 20.0 Å². The SMILES string of the molecule is CCCCOc1nc(N)c([N+](=O)[O-])c(NNC(=O)OC)n1. The van der Waals surface area contributed by atoms with Gasteiger partial charge in [0.05, 0.1) is 18.6 Å². The lowest BCUT2D eigenvalue weighted by atomic mass is 10.4. The second-order valence-electron chi connectivity index (χ2n) is 3.79. The largest absolute Gasteiger partial charge is 0.463 e. The molecule has 0 radical (unpaired) electrons. The van der Waals surface area contributed by atoms with Crippen molar-refractivity contribution in [1.82, 2.24) is 15.4 Å². The Kier molecular flexibility index (Phi) is 5.92. The molecule has 11 nitrogen and oxygen atoms in total. The Labute approximate surface area is 120 Å². The summed E-state index contributed by atoms with van der Waals surface area (Å²) >= 11 is 0. The quantitative estimate of drug-likeness (QED) is 0.377. The van der Waals surface area contributed by atoms with E-state index in [1.807, 2.05) is 12.3 Å². The molecule has 11 heteroatoms. The number of nitro groups is 1. The van der Waals surface area contributed by atoms with Crippen molar-refractivity contribution >= 4 is 23.4 Å². The topological polar surface area (TPSA) is 155 Å². The fraction of sp³-hybridized carbons (Fsp3) is 0.500. The van der Waals surface area contributed by atoms with Gasteiger partial charge in [0.15, 0.2) is 0 Å². The molecule has 0 fully saturated rings. The molecule has 0 saturated carbocycles. The predicted molar refractivity (Wildman–Crippen MR) is 72.7 cm³/mol. The summed E-state index contributed by atoms with van der Waals surface area (Å²) in [6, 6.07) is -0.124. The summed E-state index contributed by atoms with van der Waals surface area (Å²) in [5, 5.41) is 10.9. The second kappa shape index (κ2) is 7.67. The predicted octanol–water partition coefficient (Wildman–Crippen LogP) is 0.829. The molecule has 0 saturated heterocycles. The van der Waals surface area contributed by atoms with Crippen LogP contribution in [0.1, 0.15) is 19.8 Å². The number of hydrogen-bond donors (Lipinski definition) is 3. The number of nitrogens with zero attached hydrogens (tertiary/aromatic N) is 3. The van der Waals surface area contributed by atoms with Gasteiger partial charge in [-0.3, -0.25) is 15.5 Å². The number of nitrogens with two attached hydrogens (primary N) is 1. The summed E-state index contributed by atoms with van der Waals surface area (Å²) in [6.45, 7) is 2.32. The summed E-state index contributed by atoms with van der Waals surface area (Å²) in [4.78, 5) is 28.6. The third-order valence-electron chi connectivity index (χ3n) is 2.27. The van der Waals surface area contributed by atoms with Crippen LogP contribution in [0.15, 0.2) is 0 Å². The lowest BCUT2D eigenvalue weighted by Gasteiger charge is -2.10. The molecule has 21 heavy (non-hydrogen) atoms. The van der Waals surface area contributed by atoms with E-state index in [-0.39, 0.29) is 17.6 Å². The lowest BCUT2D eigenvalue weighted by Crippen LogP contribution is -2.30. The Balaban J connectivity index is 2.98. The number of amides is 1. The second-order valence-corrected chi connectivity index (χ2v) is 3.79. The van der Waals surface area contributed by atoms with Crippen molar-refractivity contribution in [3.8, 4) is 6.01 Å². The first-order valence-corrected chi connectivity index (χ1v) is 6.04. The minimum Gasteiger partial charge on any atom is -0.463 e. The first-order chi connectivity index (χ1) is 9.99. The number of hydrazine groups is 1. The Bertz CT molecular complexity index is 523. The van der Waals surface area contributed by atoms with Gasteiger partial charge in [-0.2, -0.15) is 9.97 Å². The Morgan fingerprint density at radius 1 is 1.48 bits per heavy atom. The van der Waals surface area contributed by atoms with Gasteiger partial charge in [0.2, 0.25) is 11.6 Å². The average molecular weight is 300 g/mol. The van der Waals surface area contributed by atoms with Gasteiger partial charge in [0.25, 0.3) is 0 Å². The highest BCUT2D eigenvalue weighted by Gasteiger charge is 2.24. The maximum atomic E-state index is 11.0. The molecule has 1 aromatic rings. The average Bonchev–Trinajstić information content (AvgIpc) is 2.44. The number of methoxy groups -OCH3 is 1. The maximum absolute atomic E-state index is 11.0. The molecule has 0 aliphatic carbocycles. The molecule has 0 aliphatic heterocycles. The van der Waals surface area contributed by atoms with Crippen molar-refractivity contribution in [2.45, 2.75) is 19.8 Å². The van der Waals surface area contributed by atoms with Crippen LogP contribution in [0.25, 0.3) is 0 Å². The lowest BCUT2D eigenvalue weighted by molar-refractivity contribution is -0.383. The molecule has 0 bridgehead atoms. The van der Waals surface area contributed by atoms with Crippen LogP contribution in [0.2, 0.25) is 0 Å². The molecule has 0 aromatic carbocycles. The monoisotopic (exact) mass is 300 g/mol. The van der Waals surface area contributed by atoms with E-state index in [1.165, 1.54) is 0 Å². The normalized spacial score (nSPS) is 9.81. The van der Waals surface area contributed by atoms with Crippen LogP contribution in [0, 0.1) is 10.1 Å². The Morgan fingerprint density at radius 2 is 2.19 bits per heavy atom. The zero-order valence-corrected chi connectivity index (χ0v) is 11.6. The van der Waals surface area contributed by atoms with Gasteiger partial charge in [-0.05, 0) is 6.42 Å². The maximum Gasteiger partial charge on any atom is 0.425 e. The number of carbonyl (C=O) groups is 1. The van der Waals surface area contributed by atoms with Gasteiger partial charge in [-0.15, -0.1) is 0 Å². The Hall–Kier alpha value is -2.85. The third kappa shape index (κ3) is 4.63. The minimum atomic E-state index is -0.852. The van der Waals surface area contributed by atoms with E-state index in [0.29, 0.717) is 6.61 Å². The van der Waals surface area contributed by atoms with Gasteiger partial charge in [0.1, 0.15) is 0 Å². The number of anilines is 2. The van der Waals surface area contributed by atoms with Gasteiger partial charge in [-0.25, -0.2) is 10.2 Å². The highest BCUT2D eigenvalue weighted by atomic mass is 16.6. The standard InChI is InChI=1S/C10H16N6O5/c1-3-4-5-21-9-12-7(11)6(16(18)19)8(13-9)14-15-10(17)20-2/h3-5H2,1-2H3,(H,15,17)(H3,11,12,13,14). The number of carbonyl (C=O) groups excluding carboxylic acids is 1. The van der Waals surface area contributed by atoms with E-state index in [1.54, 1.807) is 0 Å². The van der Waals surface area contributed by atoms with Crippen LogP contribution < -0.4 is 21.3 Å². The summed E-state index contributed by atoms with van der Waals surface area (Å²) in [5.74, 6) is -0.680. The Morgan fingerprint density at radius 3 is 2.76 bits per heavy atom. The number of nitrogen functional groups attached to an aromatic ring is 1. The molecule has 1 heterocycles. The van der Waals surface area contributed by atoms with Gasteiger partial charge in [0, 0.05) is 0 Å². The first-order valence-electron chi connectivity index (χ1n) is 6.04.